The predicted octanol–water partition coefficient (Wildman–Crippen LogP) is 4.14. The molecule has 39 heavy (non-hydrogen) atoms. The van der Waals surface area contributed by atoms with E-state index < -0.39 is 66.0 Å². The lowest BCUT2D eigenvalue weighted by atomic mass is 9.86. The number of allylic oxidation sites excluding steroid dienone is 1. The Morgan fingerprint density at radius 2 is 1.74 bits per heavy atom. The van der Waals surface area contributed by atoms with Crippen LogP contribution in [0.3, 0.4) is 0 Å². The maximum absolute atomic E-state index is 14.7. The Labute approximate surface area is 228 Å². The third kappa shape index (κ3) is 8.56. The number of methoxy groups -OCH3 is 2. The number of nitrogens with one attached hydrogen (secondary N) is 1. The summed E-state index contributed by atoms with van der Waals surface area (Å²) in [5.74, 6) is -4.16. The number of rotatable bonds is 3. The molecule has 0 unspecified atom stereocenters. The summed E-state index contributed by atoms with van der Waals surface area (Å²) in [6, 6.07) is 2.03. The number of primary amides is 1. The van der Waals surface area contributed by atoms with E-state index in [2.05, 4.69) is 5.32 Å². The normalized spacial score (nSPS) is 32.4. The number of nitrogens with two attached hydrogens (primary N) is 1. The van der Waals surface area contributed by atoms with Crippen LogP contribution >= 0.6 is 0 Å². The fourth-order valence-corrected chi connectivity index (χ4v) is 4.79. The van der Waals surface area contributed by atoms with Gasteiger partial charge >= 0.3 is 6.09 Å². The quantitative estimate of drug-likeness (QED) is 0.412. The number of aliphatic hydroxyl groups is 2. The molecular formula is C28H40F2N2O7. The van der Waals surface area contributed by atoms with E-state index in [1.807, 2.05) is 0 Å². The predicted molar refractivity (Wildman–Crippen MR) is 142 cm³/mol. The highest BCUT2D eigenvalue weighted by Crippen LogP contribution is 2.33. The molecule has 0 aliphatic carbocycles. The average molecular weight is 555 g/mol. The molecule has 5 N–H and O–H groups in total. The highest BCUT2D eigenvalue weighted by molar-refractivity contribution is 6.03. The second kappa shape index (κ2) is 14.5. The van der Waals surface area contributed by atoms with Crippen LogP contribution in [0.5, 0.6) is 0 Å². The van der Waals surface area contributed by atoms with Gasteiger partial charge in [0.2, 0.25) is 0 Å². The Bertz CT molecular complexity index is 1080. The maximum atomic E-state index is 14.7. The minimum atomic E-state index is -1.46. The Kier molecular flexibility index (Phi) is 12.0. The first-order chi connectivity index (χ1) is 18.3. The molecule has 218 valence electrons. The molecule has 9 nitrogen and oxygen atoms in total. The average Bonchev–Trinajstić information content (AvgIpc) is 2.88. The standard InChI is InChI=1S/C28H40F2N2O7/c1-14-8-7-9-21(37-5)26(39-28(31)36)17(4)10-15(2)25(34)22(38-6)11-16(3)24(33)19-12-18(32-27(14)35)13-20(29)23(19)30/h8,10,12-13,15-16,21-22,24-26,33-34H,7,9,11H2,1-6H3,(H2,31,36)(H,32,35)/b14-8+,17-10+/t15-,16-,21-,22-,24+,25+,26-/m0/s1. The zero-order valence-corrected chi connectivity index (χ0v) is 23.2. The zero-order chi connectivity index (χ0) is 29.4. The van der Waals surface area contributed by atoms with Crippen molar-refractivity contribution >= 4 is 17.7 Å². The maximum Gasteiger partial charge on any atom is 0.405 e. The van der Waals surface area contributed by atoms with Crippen LogP contribution in [-0.2, 0) is 19.0 Å². The number of halogens is 2. The lowest BCUT2D eigenvalue weighted by Crippen LogP contribution is -2.38. The second-order valence-electron chi connectivity index (χ2n) is 10.1. The van der Waals surface area contributed by atoms with E-state index >= 15 is 0 Å². The van der Waals surface area contributed by atoms with Crippen molar-refractivity contribution in [1.82, 2.24) is 0 Å². The van der Waals surface area contributed by atoms with E-state index in [4.69, 9.17) is 19.9 Å². The van der Waals surface area contributed by atoms with Crippen molar-refractivity contribution in [1.29, 1.82) is 0 Å². The number of amides is 2. The molecule has 2 amide bonds. The SMILES string of the molecule is CO[C@H]1C[C@H](C)[C@@H](O)c2cc(cc(F)c2F)NC(=O)/C(C)=C/CC[C@H](OC)[C@@H](OC(N)=O)/C(C)=C/[C@H](C)[C@H]1O. The number of fused-ring (bicyclic) bond motifs is 2. The number of hydrogen-bond donors (Lipinski definition) is 4. The molecule has 0 radical (unpaired) electrons. The van der Waals surface area contributed by atoms with Gasteiger partial charge in [-0.3, -0.25) is 4.79 Å². The second-order valence-corrected chi connectivity index (χ2v) is 10.1. The molecule has 7 atom stereocenters. The summed E-state index contributed by atoms with van der Waals surface area (Å²) in [6.07, 6.45) is -1.61. The van der Waals surface area contributed by atoms with E-state index in [1.165, 1.54) is 20.3 Å². The van der Waals surface area contributed by atoms with Gasteiger partial charge in [-0.25, -0.2) is 13.6 Å². The number of ether oxygens (including phenoxy) is 3. The summed E-state index contributed by atoms with van der Waals surface area (Å²) in [5.41, 5.74) is 5.87. The summed E-state index contributed by atoms with van der Waals surface area (Å²) in [4.78, 5) is 24.4. The van der Waals surface area contributed by atoms with Crippen LogP contribution in [0.1, 0.15) is 58.6 Å². The minimum Gasteiger partial charge on any atom is -0.439 e. The number of benzene rings is 1. The lowest BCUT2D eigenvalue weighted by molar-refractivity contribution is -0.112. The Hall–Kier alpha value is -2.86. The number of carbonyl (C=O) groups excluding carboxylic acids is 2. The third-order valence-corrected chi connectivity index (χ3v) is 7.12. The highest BCUT2D eigenvalue weighted by Gasteiger charge is 2.32. The van der Waals surface area contributed by atoms with Gasteiger partial charge in [0.25, 0.3) is 5.91 Å². The number of carbonyl (C=O) groups is 2. The van der Waals surface area contributed by atoms with Gasteiger partial charge in [-0.15, -0.1) is 0 Å². The van der Waals surface area contributed by atoms with Crippen molar-refractivity contribution < 1.29 is 42.8 Å². The minimum absolute atomic E-state index is 0.0210. The highest BCUT2D eigenvalue weighted by atomic mass is 19.2. The molecule has 2 rings (SSSR count). The van der Waals surface area contributed by atoms with Crippen LogP contribution < -0.4 is 11.1 Å². The molecule has 0 spiro atoms. The van der Waals surface area contributed by atoms with Crippen LogP contribution in [0.4, 0.5) is 19.3 Å². The molecule has 0 saturated carbocycles. The lowest BCUT2D eigenvalue weighted by Gasteiger charge is -2.31. The van der Waals surface area contributed by atoms with Gasteiger partial charge in [0.05, 0.1) is 24.4 Å². The summed E-state index contributed by atoms with van der Waals surface area (Å²) < 4.78 is 45.6. The number of hydrogen-bond acceptors (Lipinski definition) is 7. The van der Waals surface area contributed by atoms with Gasteiger partial charge < -0.3 is 35.5 Å². The van der Waals surface area contributed by atoms with E-state index in [0.29, 0.717) is 24.0 Å². The summed E-state index contributed by atoms with van der Waals surface area (Å²) in [6.45, 7) is 6.65. The topological polar surface area (TPSA) is 140 Å². The van der Waals surface area contributed by atoms with Crippen LogP contribution in [0.2, 0.25) is 0 Å². The van der Waals surface area contributed by atoms with Crippen molar-refractivity contribution in [2.24, 2.45) is 17.6 Å². The first-order valence-corrected chi connectivity index (χ1v) is 12.8. The van der Waals surface area contributed by atoms with Crippen molar-refractivity contribution in [2.75, 3.05) is 19.5 Å². The zero-order valence-electron chi connectivity index (χ0n) is 23.2. The van der Waals surface area contributed by atoms with Crippen molar-refractivity contribution in [3.63, 3.8) is 0 Å². The van der Waals surface area contributed by atoms with Gasteiger partial charge in [-0.2, -0.15) is 0 Å². The molecule has 1 aliphatic rings. The Morgan fingerprint density at radius 3 is 2.33 bits per heavy atom. The molecule has 11 heteroatoms. The molecule has 1 aliphatic heterocycles. The molecular weight excluding hydrogens is 514 g/mol. The molecule has 1 heterocycles. The van der Waals surface area contributed by atoms with E-state index in [-0.39, 0.29) is 17.7 Å². The number of anilines is 1. The summed E-state index contributed by atoms with van der Waals surface area (Å²) in [5, 5.41) is 24.5. The van der Waals surface area contributed by atoms with E-state index in [9.17, 15) is 28.6 Å². The van der Waals surface area contributed by atoms with Gasteiger partial charge in [0, 0.05) is 43.0 Å². The molecule has 0 aromatic heterocycles. The first kappa shape index (κ1) is 32.4. The van der Waals surface area contributed by atoms with Crippen molar-refractivity contribution in [3.05, 3.63) is 52.6 Å². The van der Waals surface area contributed by atoms with Gasteiger partial charge in [0.1, 0.15) is 0 Å². The van der Waals surface area contributed by atoms with E-state index in [0.717, 1.165) is 6.07 Å². The van der Waals surface area contributed by atoms with Crippen LogP contribution in [0.15, 0.2) is 35.4 Å². The summed E-state index contributed by atoms with van der Waals surface area (Å²) in [7, 11) is 2.86. The molecule has 2 bridgehead atoms. The first-order valence-electron chi connectivity index (χ1n) is 12.8. The Morgan fingerprint density at radius 1 is 1.10 bits per heavy atom. The van der Waals surface area contributed by atoms with Gasteiger partial charge in [-0.1, -0.05) is 26.0 Å². The molecule has 0 saturated heterocycles. The summed E-state index contributed by atoms with van der Waals surface area (Å²) >= 11 is 0. The molecule has 0 fully saturated rings. The van der Waals surface area contributed by atoms with Gasteiger partial charge in [-0.05, 0) is 50.7 Å². The van der Waals surface area contributed by atoms with Crippen LogP contribution in [0, 0.1) is 23.5 Å². The monoisotopic (exact) mass is 554 g/mol. The van der Waals surface area contributed by atoms with Crippen molar-refractivity contribution in [2.45, 2.75) is 77.5 Å². The third-order valence-electron chi connectivity index (χ3n) is 7.12. The molecule has 1 aromatic carbocycles. The fraction of sp³-hybridized carbons (Fsp3) is 0.571. The Balaban J connectivity index is 2.56. The fourth-order valence-electron chi connectivity index (χ4n) is 4.79. The number of aliphatic hydroxyl groups excluding tert-OH is 2. The smallest absolute Gasteiger partial charge is 0.405 e. The van der Waals surface area contributed by atoms with Crippen LogP contribution in [0.25, 0.3) is 0 Å². The van der Waals surface area contributed by atoms with Gasteiger partial charge in [0.15, 0.2) is 17.7 Å². The molecule has 1 aromatic rings. The van der Waals surface area contributed by atoms with Crippen LogP contribution in [-0.4, -0.2) is 60.8 Å². The largest absolute Gasteiger partial charge is 0.439 e. The van der Waals surface area contributed by atoms with E-state index in [1.54, 1.807) is 39.8 Å². The van der Waals surface area contributed by atoms with Crippen molar-refractivity contribution in [3.8, 4) is 0 Å².